The molecule has 2 saturated heterocycles. The van der Waals surface area contributed by atoms with E-state index in [1.807, 2.05) is 38.1 Å². The van der Waals surface area contributed by atoms with Gasteiger partial charge in [-0.25, -0.2) is 9.78 Å². The molecule has 45 heavy (non-hydrogen) atoms. The lowest BCUT2D eigenvalue weighted by Crippen LogP contribution is -2.59. The van der Waals surface area contributed by atoms with Gasteiger partial charge in [-0.05, 0) is 73.4 Å². The summed E-state index contributed by atoms with van der Waals surface area (Å²) in [5, 5.41) is 12.5. The Morgan fingerprint density at radius 1 is 0.978 bits per heavy atom. The van der Waals surface area contributed by atoms with Crippen LogP contribution in [0, 0.1) is 5.41 Å². The first-order valence-electron chi connectivity index (χ1n) is 15.4. The topological polar surface area (TPSA) is 112 Å². The molecule has 2 fully saturated rings. The van der Waals surface area contributed by atoms with Crippen molar-refractivity contribution in [3.8, 4) is 10.4 Å². The number of nitrogens with one attached hydrogen (secondary N) is 1. The average Bonchev–Trinajstić information content (AvgIpc) is 3.43. The van der Waals surface area contributed by atoms with Crippen molar-refractivity contribution in [1.29, 1.82) is 0 Å². The largest absolute Gasteiger partial charge is 0.477 e. The number of rotatable bonds is 5. The summed E-state index contributed by atoms with van der Waals surface area (Å²) in [5.74, 6) is -0.663. The number of aromatic nitrogens is 1. The fraction of sp³-hybridized carbons (Fsp3) is 0.314. The van der Waals surface area contributed by atoms with Crippen molar-refractivity contribution >= 4 is 46.3 Å². The average molecular weight is 625 g/mol. The highest BCUT2D eigenvalue weighted by Crippen LogP contribution is 2.43. The van der Waals surface area contributed by atoms with Crippen LogP contribution in [0.4, 0.5) is 17.2 Å². The Hall–Kier alpha value is -4.54. The van der Waals surface area contributed by atoms with Crippen LogP contribution < -0.4 is 15.1 Å². The third-order valence-electron chi connectivity index (χ3n) is 8.64. The first-order chi connectivity index (χ1) is 21.9. The molecule has 0 bridgehead atoms. The van der Waals surface area contributed by atoms with E-state index in [1.54, 1.807) is 53.6 Å². The molecular weight excluding hydrogens is 588 g/mol. The van der Waals surface area contributed by atoms with E-state index in [4.69, 9.17) is 4.74 Å². The van der Waals surface area contributed by atoms with Crippen molar-refractivity contribution in [2.45, 2.75) is 33.1 Å². The molecule has 2 amide bonds. The van der Waals surface area contributed by atoms with Crippen LogP contribution in [-0.2, 0) is 11.2 Å². The number of nitrogens with zero attached hydrogens (tertiary/aromatic N) is 3. The molecule has 2 aromatic carbocycles. The summed E-state index contributed by atoms with van der Waals surface area (Å²) in [7, 11) is 0. The summed E-state index contributed by atoms with van der Waals surface area (Å²) in [6, 6.07) is 19.8. The predicted molar refractivity (Wildman–Crippen MR) is 177 cm³/mol. The van der Waals surface area contributed by atoms with Gasteiger partial charge in [0.15, 0.2) is 0 Å². The fourth-order valence-corrected chi connectivity index (χ4v) is 7.41. The van der Waals surface area contributed by atoms with Gasteiger partial charge in [0.2, 0.25) is 0 Å². The Balaban J connectivity index is 0.00000175. The zero-order chi connectivity index (χ0) is 31.6. The van der Waals surface area contributed by atoms with Crippen molar-refractivity contribution in [3.63, 3.8) is 0 Å². The Bertz CT molecular complexity index is 1720. The van der Waals surface area contributed by atoms with Gasteiger partial charge in [-0.3, -0.25) is 9.59 Å². The number of carbonyl (C=O) groups excluding carboxylic acids is 2. The smallest absolute Gasteiger partial charge is 0.345 e. The molecule has 0 aliphatic carbocycles. The normalized spacial score (nSPS) is 16.3. The molecule has 1 spiro atoms. The van der Waals surface area contributed by atoms with E-state index < -0.39 is 5.97 Å². The van der Waals surface area contributed by atoms with Gasteiger partial charge < -0.3 is 25.0 Å². The van der Waals surface area contributed by atoms with E-state index >= 15 is 0 Å². The molecular formula is C35H36N4O5S. The third kappa shape index (κ3) is 5.95. The second-order valence-electron chi connectivity index (χ2n) is 11.4. The first-order valence-corrected chi connectivity index (χ1v) is 16.2. The molecule has 0 saturated carbocycles. The van der Waals surface area contributed by atoms with Gasteiger partial charge in [-0.15, -0.1) is 11.3 Å². The summed E-state index contributed by atoms with van der Waals surface area (Å²) >= 11 is 1.24. The number of carboxylic acids is 1. The summed E-state index contributed by atoms with van der Waals surface area (Å²) in [6.07, 6.45) is 4.33. The lowest BCUT2D eigenvalue weighted by Gasteiger charge is -2.53. The summed E-state index contributed by atoms with van der Waals surface area (Å²) in [5.41, 5.74) is 4.38. The fourth-order valence-electron chi connectivity index (χ4n) is 6.32. The number of amides is 2. The molecule has 9 nitrogen and oxygen atoms in total. The number of anilines is 3. The van der Waals surface area contributed by atoms with E-state index in [1.165, 1.54) is 11.3 Å². The van der Waals surface area contributed by atoms with Gasteiger partial charge in [-0.2, -0.15) is 0 Å². The van der Waals surface area contributed by atoms with Crippen molar-refractivity contribution in [1.82, 2.24) is 4.98 Å². The first kappa shape index (κ1) is 30.5. The highest BCUT2D eigenvalue weighted by Gasteiger charge is 2.45. The molecule has 232 valence electrons. The predicted octanol–water partition coefficient (Wildman–Crippen LogP) is 6.61. The van der Waals surface area contributed by atoms with E-state index in [2.05, 4.69) is 15.2 Å². The number of carbonyl (C=O) groups is 3. The number of hydrogen-bond donors (Lipinski definition) is 2. The van der Waals surface area contributed by atoms with Gasteiger partial charge in [0.05, 0.1) is 11.3 Å². The van der Waals surface area contributed by atoms with Gasteiger partial charge >= 0.3 is 5.97 Å². The van der Waals surface area contributed by atoms with Gasteiger partial charge in [0.1, 0.15) is 10.7 Å². The highest BCUT2D eigenvalue weighted by molar-refractivity contribution is 7.17. The van der Waals surface area contributed by atoms with E-state index in [-0.39, 0.29) is 17.2 Å². The standard InChI is InChI=1S/C33H30N4O5S.C2H6/c38-30(25-5-3-14-34-29(25)36-19-33(20-36)12-16-42-17-13-33)35-23-9-7-21(8-10-23)31(39)37-15-11-22-18-27(32(40)41)43-28(22)24-4-1-2-6-26(24)37;1-2/h1-10,14,18H,11-13,15-17,19-20H2,(H,35,38)(H,40,41);1-2H3. The Labute approximate surface area is 266 Å². The maximum atomic E-state index is 13.7. The molecule has 2 N–H and O–H groups in total. The van der Waals surface area contributed by atoms with Crippen LogP contribution in [0.2, 0.25) is 0 Å². The van der Waals surface area contributed by atoms with Crippen LogP contribution in [0.25, 0.3) is 10.4 Å². The number of pyridine rings is 1. The molecule has 0 atom stereocenters. The summed E-state index contributed by atoms with van der Waals surface area (Å²) in [4.78, 5) is 48.3. The van der Waals surface area contributed by atoms with E-state index in [0.717, 1.165) is 60.8 Å². The van der Waals surface area contributed by atoms with Crippen molar-refractivity contribution in [3.05, 3.63) is 94.5 Å². The molecule has 4 aromatic rings. The SMILES string of the molecule is CC.O=C(O)c1cc2c(s1)-c1ccccc1N(C(=O)c1ccc(NC(=O)c3cccnc3N3CC4(CCOCC4)C3)cc1)CC2. The molecule has 5 heterocycles. The van der Waals surface area contributed by atoms with Crippen LogP contribution in [0.5, 0.6) is 0 Å². The molecule has 2 aromatic heterocycles. The summed E-state index contributed by atoms with van der Waals surface area (Å²) in [6.45, 7) is 7.74. The highest BCUT2D eigenvalue weighted by atomic mass is 32.1. The van der Waals surface area contributed by atoms with Crippen molar-refractivity contribution in [2.75, 3.05) is 48.0 Å². The van der Waals surface area contributed by atoms with E-state index in [0.29, 0.717) is 40.5 Å². The van der Waals surface area contributed by atoms with Crippen LogP contribution >= 0.6 is 11.3 Å². The van der Waals surface area contributed by atoms with Crippen molar-refractivity contribution < 1.29 is 24.2 Å². The number of aromatic carboxylic acids is 1. The summed E-state index contributed by atoms with van der Waals surface area (Å²) < 4.78 is 5.53. The maximum Gasteiger partial charge on any atom is 0.345 e. The van der Waals surface area contributed by atoms with Crippen LogP contribution in [0.15, 0.2) is 72.9 Å². The zero-order valence-electron chi connectivity index (χ0n) is 25.4. The molecule has 0 unspecified atom stereocenters. The van der Waals surface area contributed by atoms with E-state index in [9.17, 15) is 19.5 Å². The van der Waals surface area contributed by atoms with Crippen LogP contribution in [0.1, 0.15) is 62.6 Å². The van der Waals surface area contributed by atoms with Gasteiger partial charge in [0.25, 0.3) is 11.8 Å². The number of thiophene rings is 1. The Morgan fingerprint density at radius 3 is 2.44 bits per heavy atom. The van der Waals surface area contributed by atoms with Crippen molar-refractivity contribution in [2.24, 2.45) is 5.41 Å². The van der Waals surface area contributed by atoms with Crippen LogP contribution in [-0.4, -0.2) is 60.7 Å². The Kier molecular flexibility index (Phi) is 8.69. The second-order valence-corrected chi connectivity index (χ2v) is 12.4. The monoisotopic (exact) mass is 624 g/mol. The quantitative estimate of drug-likeness (QED) is 0.257. The van der Waals surface area contributed by atoms with Gasteiger partial charge in [-0.1, -0.05) is 32.0 Å². The zero-order valence-corrected chi connectivity index (χ0v) is 26.2. The minimum Gasteiger partial charge on any atom is -0.477 e. The van der Waals surface area contributed by atoms with Gasteiger partial charge in [0, 0.05) is 66.2 Å². The number of fused-ring (bicyclic) bond motifs is 3. The number of ether oxygens (including phenoxy) is 1. The minimum absolute atomic E-state index is 0.159. The molecule has 7 rings (SSSR count). The Morgan fingerprint density at radius 2 is 1.71 bits per heavy atom. The number of benzene rings is 2. The lowest BCUT2D eigenvalue weighted by atomic mass is 9.73. The number of para-hydroxylation sites is 1. The lowest BCUT2D eigenvalue weighted by molar-refractivity contribution is -0.000511. The number of carboxylic acid groups (broad SMARTS) is 1. The maximum absolute atomic E-state index is 13.7. The molecule has 3 aliphatic rings. The molecule has 0 radical (unpaired) electrons. The molecule has 10 heteroatoms. The van der Waals surface area contributed by atoms with Crippen LogP contribution in [0.3, 0.4) is 0 Å². The number of hydrogen-bond acceptors (Lipinski definition) is 7. The second kappa shape index (κ2) is 12.8. The minimum atomic E-state index is -0.945. The molecule has 3 aliphatic heterocycles. The third-order valence-corrected chi connectivity index (χ3v) is 9.83.